The Bertz CT molecular complexity index is 2440. The predicted octanol–water partition coefficient (Wildman–Crippen LogP) is 4.32. The van der Waals surface area contributed by atoms with Crippen LogP contribution in [0.5, 0.6) is 5.75 Å². The number of nitrogens with zero attached hydrogens (tertiary/aromatic N) is 2. The van der Waals surface area contributed by atoms with Gasteiger partial charge in [-0.05, 0) is 100 Å². The Kier molecular flexibility index (Phi) is 23.9. The summed E-state index contributed by atoms with van der Waals surface area (Å²) < 4.78 is 69.7. The normalized spacial score (nSPS) is 35.8. The summed E-state index contributed by atoms with van der Waals surface area (Å²) in [5.74, 6) is -5.81. The lowest BCUT2D eigenvalue weighted by atomic mass is 9.74. The summed E-state index contributed by atoms with van der Waals surface area (Å²) in [7, 11) is 6.67. The van der Waals surface area contributed by atoms with Gasteiger partial charge in [-0.1, -0.05) is 27.7 Å². The van der Waals surface area contributed by atoms with Gasteiger partial charge in [0.2, 0.25) is 5.43 Å². The minimum atomic E-state index is -2.04. The molecule has 0 bridgehead atoms. The van der Waals surface area contributed by atoms with Crippen LogP contribution in [0.25, 0.3) is 10.9 Å². The van der Waals surface area contributed by atoms with E-state index in [1.54, 1.807) is 58.2 Å². The molecule has 80 heavy (non-hydrogen) atoms. The summed E-state index contributed by atoms with van der Waals surface area (Å²) in [6.45, 7) is 20.2. The highest BCUT2D eigenvalue weighted by Gasteiger charge is 2.55. The molecule has 2 aromatic rings. The first-order valence-electron chi connectivity index (χ1n) is 27.9. The molecule has 1 aromatic carbocycles. The summed E-state index contributed by atoms with van der Waals surface area (Å²) in [6, 6.07) is 4.59. The number of esters is 1. The van der Waals surface area contributed by atoms with E-state index >= 15 is 0 Å². The van der Waals surface area contributed by atoms with Crippen molar-refractivity contribution < 1.29 is 91.7 Å². The van der Waals surface area contributed by atoms with Gasteiger partial charge >= 0.3 is 18.0 Å². The highest BCUT2D eigenvalue weighted by Crippen LogP contribution is 2.42. The highest BCUT2D eigenvalue weighted by molar-refractivity contribution is 5.93. The number of aromatic carboxylic acids is 1. The van der Waals surface area contributed by atoms with E-state index in [0.717, 1.165) is 0 Å². The average molecular weight is 1140 g/mol. The van der Waals surface area contributed by atoms with E-state index in [4.69, 9.17) is 52.1 Å². The van der Waals surface area contributed by atoms with Gasteiger partial charge in [-0.25, -0.2) is 9.59 Å². The summed E-state index contributed by atoms with van der Waals surface area (Å²) in [6.07, 6.45) is -9.28. The zero-order valence-corrected chi connectivity index (χ0v) is 49.5. The van der Waals surface area contributed by atoms with Crippen molar-refractivity contribution >= 4 is 34.7 Å². The monoisotopic (exact) mass is 1140 g/mol. The van der Waals surface area contributed by atoms with E-state index in [2.05, 4.69) is 5.32 Å². The molecule has 23 nitrogen and oxygen atoms in total. The third-order valence-electron chi connectivity index (χ3n) is 16.5. The number of cyclic esters (lactones) is 1. The molecule has 1 amide bonds. The number of likely N-dealkylation sites (N-methyl/N-ethyl adjacent to an activating group) is 1. The van der Waals surface area contributed by atoms with Crippen LogP contribution in [0.15, 0.2) is 29.2 Å². The van der Waals surface area contributed by atoms with Crippen molar-refractivity contribution in [2.45, 2.75) is 193 Å². The van der Waals surface area contributed by atoms with Crippen LogP contribution >= 0.6 is 0 Å². The van der Waals surface area contributed by atoms with Crippen LogP contribution in [0.4, 0.5) is 4.79 Å². The number of amides is 1. The molecule has 5 rings (SSSR count). The van der Waals surface area contributed by atoms with Gasteiger partial charge in [0.25, 0.3) is 0 Å². The minimum Gasteiger partial charge on any atom is -0.491 e. The van der Waals surface area contributed by atoms with Gasteiger partial charge in [0.1, 0.15) is 47.1 Å². The van der Waals surface area contributed by atoms with Crippen molar-refractivity contribution in [3.63, 3.8) is 0 Å². The lowest BCUT2D eigenvalue weighted by molar-refractivity contribution is -0.319. The molecule has 3 aliphatic heterocycles. The van der Waals surface area contributed by atoms with E-state index in [9.17, 15) is 44.4 Å². The van der Waals surface area contributed by atoms with Gasteiger partial charge in [-0.3, -0.25) is 14.4 Å². The van der Waals surface area contributed by atoms with E-state index in [-0.39, 0.29) is 87.7 Å². The van der Waals surface area contributed by atoms with Crippen molar-refractivity contribution in [2.75, 3.05) is 67.9 Å². The number of alkyl carbamates (subject to hydrolysis) is 1. The van der Waals surface area contributed by atoms with Crippen LogP contribution in [0, 0.1) is 23.7 Å². The fraction of sp³-hybridized carbons (Fsp3) is 0.772. The van der Waals surface area contributed by atoms with Crippen molar-refractivity contribution in [3.05, 3.63) is 40.2 Å². The molecule has 18 atom stereocenters. The van der Waals surface area contributed by atoms with Crippen LogP contribution < -0.4 is 15.5 Å². The van der Waals surface area contributed by atoms with E-state index < -0.39 is 119 Å². The number of hydrogen-bond donors (Lipinski definition) is 5. The number of pyridine rings is 1. The second-order valence-corrected chi connectivity index (χ2v) is 22.7. The number of nitrogens with one attached hydrogen (secondary N) is 1. The van der Waals surface area contributed by atoms with E-state index in [1.807, 2.05) is 39.8 Å². The van der Waals surface area contributed by atoms with Gasteiger partial charge in [0.15, 0.2) is 18.7 Å². The minimum absolute atomic E-state index is 0.00229. The van der Waals surface area contributed by atoms with Gasteiger partial charge in [-0.2, -0.15) is 0 Å². The number of aryl methyl sites for hydroxylation is 1. The summed E-state index contributed by atoms with van der Waals surface area (Å²) in [4.78, 5) is 68.4. The number of benzene rings is 1. The van der Waals surface area contributed by atoms with Crippen LogP contribution in [-0.4, -0.2) is 206 Å². The number of carbonyl (C=O) groups is 4. The maximum Gasteiger partial charge on any atom is 0.407 e. The number of carboxylic acid groups (broad SMARTS) is 1. The quantitative estimate of drug-likeness (QED) is 0.0859. The number of aliphatic hydroxyl groups is 3. The van der Waals surface area contributed by atoms with Crippen LogP contribution in [0.1, 0.15) is 112 Å². The molecule has 0 saturated carbocycles. The fourth-order valence-electron chi connectivity index (χ4n) is 11.6. The smallest absolute Gasteiger partial charge is 0.407 e. The average Bonchev–Trinajstić information content (AvgIpc) is 3.41. The zero-order valence-electron chi connectivity index (χ0n) is 49.5. The van der Waals surface area contributed by atoms with Gasteiger partial charge in [-0.15, -0.1) is 0 Å². The Morgan fingerprint density at radius 1 is 0.850 bits per heavy atom. The Labute approximate surface area is 470 Å². The number of aliphatic hydroxyl groups excluding tert-OH is 2. The molecule has 23 heteroatoms. The van der Waals surface area contributed by atoms with E-state index in [0.29, 0.717) is 24.2 Å². The summed E-state index contributed by atoms with van der Waals surface area (Å²) in [5.41, 5.74) is -4.89. The third-order valence-corrected chi connectivity index (χ3v) is 16.5. The van der Waals surface area contributed by atoms with Crippen molar-refractivity contribution in [1.82, 2.24) is 14.8 Å². The Morgan fingerprint density at radius 3 is 2.10 bits per heavy atom. The molecule has 454 valence electrons. The number of ketones is 1. The molecule has 5 N–H and O–H groups in total. The number of ether oxygens (including phenoxy) is 11. The molecule has 0 unspecified atom stereocenters. The number of Topliss-reactive ketones (excluding diaryl/α,β-unsaturated/α-hetero) is 1. The van der Waals surface area contributed by atoms with Gasteiger partial charge < -0.3 is 87.3 Å². The molecular weight excluding hydrogens is 1050 g/mol. The van der Waals surface area contributed by atoms with Crippen molar-refractivity contribution in [3.8, 4) is 5.75 Å². The molecule has 3 aliphatic rings. The van der Waals surface area contributed by atoms with Crippen LogP contribution in [0.2, 0.25) is 0 Å². The second-order valence-electron chi connectivity index (χ2n) is 22.7. The van der Waals surface area contributed by atoms with Gasteiger partial charge in [0.05, 0.1) is 79.4 Å². The zero-order chi connectivity index (χ0) is 59.6. The molecule has 0 spiro atoms. The molecule has 4 heterocycles. The third kappa shape index (κ3) is 15.6. The highest BCUT2D eigenvalue weighted by atomic mass is 16.7. The number of methoxy groups -OCH3 is 2. The number of hydrogen-bond acceptors (Lipinski definition) is 20. The summed E-state index contributed by atoms with van der Waals surface area (Å²) in [5, 5.41) is 47.7. The topological polar surface area (TPSA) is 288 Å². The van der Waals surface area contributed by atoms with Crippen LogP contribution in [0.3, 0.4) is 0 Å². The second kappa shape index (κ2) is 28.7. The number of carboxylic acids is 1. The molecule has 1 aromatic heterocycles. The maximum absolute atomic E-state index is 14.5. The molecule has 0 radical (unpaired) electrons. The van der Waals surface area contributed by atoms with Gasteiger partial charge in [0, 0.05) is 63.7 Å². The standard InChI is InChI=1S/C57H91N3O20/c1-16-42-57(11,69)48(64)33(5)44(61)31(3)28-55(9,70-14)49(79-53-46(63)41(59(12)13)26-32(4)75-53)34(6)47(35(7)52(67)77-42)78-43-29-56(10,71-15)50(36(8)76-43)80-54(68)58-20-21-72-22-23-73-24-25-74-37-18-19-40-38(27-37)45(62)39(51(65)66)30-60(40)17-2/h18-19,27,30-36,41-43,46-50,53,63-64,69H,16-17,20-26,28-29H2,1-15H3,(H,58,68)(H,65,66)/t31-,32-,33+,34+,35-,36+,41+,42-,43+,46-,47+,48-,49-,50+,53+,55-,56-,57-/m1/s1. The first-order chi connectivity index (χ1) is 37.6. The lowest BCUT2D eigenvalue weighted by Crippen LogP contribution is -2.62. The molecule has 0 aliphatic carbocycles. The number of rotatable bonds is 21. The first-order valence-corrected chi connectivity index (χ1v) is 27.9. The lowest BCUT2D eigenvalue weighted by Gasteiger charge is -2.50. The SMILES string of the molecule is CC[C@H]1OC(=O)[C@H](C)[C@@H](O[C@H]2C[C@@](C)(OC)[C@@H](OC(=O)NCCOCCOCCOc3ccc4c(c3)c(=O)c(C(=O)O)cn4CC)[C@H](C)O2)[C@H](C)[C@@H](O[C@@H]2O[C@H](C)C[C@H](N(C)C)[C@H]2O)[C@](C)(OC)C[C@@H](C)C(=O)[C@H](C)[C@@H](O)[C@]1(C)O. The van der Waals surface area contributed by atoms with Crippen LogP contribution in [-0.2, 0) is 63.5 Å². The number of aromatic nitrogens is 1. The Morgan fingerprint density at radius 2 is 1.49 bits per heavy atom. The molecular formula is C57H91N3O20. The van der Waals surface area contributed by atoms with E-state index in [1.165, 1.54) is 40.3 Å². The molecule has 3 saturated heterocycles. The Hall–Kier alpha value is -4.37. The maximum atomic E-state index is 14.5. The molecule has 3 fully saturated rings. The summed E-state index contributed by atoms with van der Waals surface area (Å²) >= 11 is 0. The number of carbonyl (C=O) groups excluding carboxylic acids is 3. The fourth-order valence-corrected chi connectivity index (χ4v) is 11.6. The largest absolute Gasteiger partial charge is 0.491 e. The first kappa shape index (κ1) is 66.4. The van der Waals surface area contributed by atoms with Crippen molar-refractivity contribution in [2.24, 2.45) is 23.7 Å². The predicted molar refractivity (Wildman–Crippen MR) is 291 cm³/mol. The number of fused-ring (bicyclic) bond motifs is 1. The van der Waals surface area contributed by atoms with Crippen molar-refractivity contribution in [1.29, 1.82) is 0 Å². The Balaban J connectivity index is 1.25.